The second-order valence-electron chi connectivity index (χ2n) is 7.01. The smallest absolute Gasteiger partial charge is 0.0366 e. The molecule has 2 fully saturated rings. The van der Waals surface area contributed by atoms with Crippen LogP contribution in [0.5, 0.6) is 0 Å². The molecule has 1 spiro atoms. The highest BCUT2D eigenvalue weighted by molar-refractivity contribution is 5.52. The van der Waals surface area contributed by atoms with Gasteiger partial charge in [0.25, 0.3) is 0 Å². The molecular formula is C16H23N. The number of rotatable bonds is 1. The highest BCUT2D eigenvalue weighted by atomic mass is 15.2. The molecule has 1 aliphatic heterocycles. The third-order valence-electron chi connectivity index (χ3n) is 4.57. The Hall–Kier alpha value is -0.980. The molecule has 1 heterocycles. The first kappa shape index (κ1) is 11.1. The van der Waals surface area contributed by atoms with Crippen LogP contribution in [-0.2, 0) is 5.41 Å². The van der Waals surface area contributed by atoms with Crippen molar-refractivity contribution in [1.29, 1.82) is 0 Å². The lowest BCUT2D eigenvalue weighted by Gasteiger charge is -2.57. The fourth-order valence-corrected chi connectivity index (χ4v) is 3.11. The summed E-state index contributed by atoms with van der Waals surface area (Å²) in [7, 11) is 0. The normalized spacial score (nSPS) is 22.2. The van der Waals surface area contributed by atoms with Gasteiger partial charge in [-0.25, -0.2) is 0 Å². The van der Waals surface area contributed by atoms with Gasteiger partial charge in [-0.05, 0) is 36.0 Å². The SMILES string of the molecule is CC(C)(C)c1ccc(N2CC3(CCC3)C2)cc1. The first-order chi connectivity index (χ1) is 7.99. The molecule has 0 unspecified atom stereocenters. The van der Waals surface area contributed by atoms with Crippen LogP contribution < -0.4 is 4.90 Å². The van der Waals surface area contributed by atoms with Crippen molar-refractivity contribution in [3.63, 3.8) is 0 Å². The van der Waals surface area contributed by atoms with E-state index in [1.165, 1.54) is 43.6 Å². The van der Waals surface area contributed by atoms with Gasteiger partial charge in [0.1, 0.15) is 0 Å². The van der Waals surface area contributed by atoms with Gasteiger partial charge in [0.2, 0.25) is 0 Å². The van der Waals surface area contributed by atoms with Crippen molar-refractivity contribution >= 4 is 5.69 Å². The minimum Gasteiger partial charge on any atom is -0.370 e. The number of hydrogen-bond acceptors (Lipinski definition) is 1. The Morgan fingerprint density at radius 2 is 1.59 bits per heavy atom. The lowest BCUT2D eigenvalue weighted by Crippen LogP contribution is -2.59. The van der Waals surface area contributed by atoms with E-state index < -0.39 is 0 Å². The monoisotopic (exact) mass is 229 g/mol. The van der Waals surface area contributed by atoms with Crippen LogP contribution in [0.4, 0.5) is 5.69 Å². The Labute approximate surface area is 105 Å². The fraction of sp³-hybridized carbons (Fsp3) is 0.625. The number of benzene rings is 1. The fourth-order valence-electron chi connectivity index (χ4n) is 3.11. The van der Waals surface area contributed by atoms with E-state index in [0.29, 0.717) is 0 Å². The summed E-state index contributed by atoms with van der Waals surface area (Å²) in [6, 6.07) is 9.18. The van der Waals surface area contributed by atoms with Gasteiger partial charge < -0.3 is 4.90 Å². The molecular weight excluding hydrogens is 206 g/mol. The molecule has 17 heavy (non-hydrogen) atoms. The molecule has 0 aromatic heterocycles. The first-order valence-electron chi connectivity index (χ1n) is 6.84. The van der Waals surface area contributed by atoms with Crippen molar-refractivity contribution in [2.24, 2.45) is 5.41 Å². The number of hydrogen-bond donors (Lipinski definition) is 0. The van der Waals surface area contributed by atoms with Crippen LogP contribution in [0.1, 0.15) is 45.6 Å². The summed E-state index contributed by atoms with van der Waals surface area (Å²) in [6.45, 7) is 9.41. The summed E-state index contributed by atoms with van der Waals surface area (Å²) in [5, 5.41) is 0. The number of nitrogens with zero attached hydrogens (tertiary/aromatic N) is 1. The quantitative estimate of drug-likeness (QED) is 0.704. The average Bonchev–Trinajstić information content (AvgIpc) is 2.12. The Kier molecular flexibility index (Phi) is 2.30. The van der Waals surface area contributed by atoms with E-state index in [4.69, 9.17) is 0 Å². The maximum atomic E-state index is 2.53. The van der Waals surface area contributed by atoms with Crippen molar-refractivity contribution in [3.8, 4) is 0 Å². The molecule has 2 aliphatic rings. The highest BCUT2D eigenvalue weighted by Gasteiger charge is 2.47. The van der Waals surface area contributed by atoms with Crippen LogP contribution >= 0.6 is 0 Å². The molecule has 0 amide bonds. The summed E-state index contributed by atoms with van der Waals surface area (Å²) in [4.78, 5) is 2.53. The molecule has 92 valence electrons. The topological polar surface area (TPSA) is 3.24 Å². The van der Waals surface area contributed by atoms with Crippen LogP contribution in [0, 0.1) is 5.41 Å². The first-order valence-corrected chi connectivity index (χ1v) is 6.84. The van der Waals surface area contributed by atoms with Crippen LogP contribution in [0.25, 0.3) is 0 Å². The van der Waals surface area contributed by atoms with Crippen LogP contribution in [0.2, 0.25) is 0 Å². The standard InChI is InChI=1S/C16H23N/c1-15(2,3)13-5-7-14(8-6-13)17-11-16(12-17)9-4-10-16/h5-8H,4,9-12H2,1-3H3. The third kappa shape index (κ3) is 1.86. The third-order valence-corrected chi connectivity index (χ3v) is 4.57. The Bertz CT molecular complexity index is 398. The van der Waals surface area contributed by atoms with E-state index in [9.17, 15) is 0 Å². The van der Waals surface area contributed by atoms with E-state index in [0.717, 1.165) is 5.41 Å². The molecule has 0 atom stereocenters. The summed E-state index contributed by atoms with van der Waals surface area (Å²) < 4.78 is 0. The molecule has 1 nitrogen and oxygen atoms in total. The van der Waals surface area contributed by atoms with Crippen LogP contribution in [0.15, 0.2) is 24.3 Å². The molecule has 1 heteroatoms. The predicted molar refractivity (Wildman–Crippen MR) is 73.6 cm³/mol. The lowest BCUT2D eigenvalue weighted by atomic mass is 9.63. The van der Waals surface area contributed by atoms with E-state index in [1.54, 1.807) is 0 Å². The summed E-state index contributed by atoms with van der Waals surface area (Å²) >= 11 is 0. The Morgan fingerprint density at radius 3 is 2.00 bits per heavy atom. The molecule has 0 N–H and O–H groups in total. The highest BCUT2D eigenvalue weighted by Crippen LogP contribution is 2.49. The zero-order valence-electron chi connectivity index (χ0n) is 11.3. The Morgan fingerprint density at radius 1 is 1.00 bits per heavy atom. The zero-order valence-corrected chi connectivity index (χ0v) is 11.3. The molecule has 0 radical (unpaired) electrons. The van der Waals surface area contributed by atoms with Gasteiger partial charge in [-0.2, -0.15) is 0 Å². The van der Waals surface area contributed by atoms with Gasteiger partial charge in [-0.1, -0.05) is 39.3 Å². The van der Waals surface area contributed by atoms with Gasteiger partial charge >= 0.3 is 0 Å². The molecule has 3 rings (SSSR count). The molecule has 1 aromatic rings. The van der Waals surface area contributed by atoms with Gasteiger partial charge in [0.05, 0.1) is 0 Å². The zero-order chi connectivity index (χ0) is 12.1. The van der Waals surface area contributed by atoms with E-state index in [1.807, 2.05) is 0 Å². The molecule has 1 aliphatic carbocycles. The second-order valence-corrected chi connectivity index (χ2v) is 7.01. The lowest BCUT2D eigenvalue weighted by molar-refractivity contribution is 0.0904. The van der Waals surface area contributed by atoms with Crippen molar-refractivity contribution in [1.82, 2.24) is 0 Å². The van der Waals surface area contributed by atoms with Crippen molar-refractivity contribution in [3.05, 3.63) is 29.8 Å². The number of anilines is 1. The molecule has 1 saturated heterocycles. The minimum atomic E-state index is 0.267. The van der Waals surface area contributed by atoms with E-state index in [2.05, 4.69) is 49.9 Å². The van der Waals surface area contributed by atoms with E-state index in [-0.39, 0.29) is 5.41 Å². The van der Waals surface area contributed by atoms with Crippen LogP contribution in [0.3, 0.4) is 0 Å². The van der Waals surface area contributed by atoms with Gasteiger partial charge in [-0.3, -0.25) is 0 Å². The minimum absolute atomic E-state index is 0.267. The Balaban J connectivity index is 1.69. The summed E-state index contributed by atoms with van der Waals surface area (Å²) in [6.07, 6.45) is 4.38. The van der Waals surface area contributed by atoms with Gasteiger partial charge in [-0.15, -0.1) is 0 Å². The van der Waals surface area contributed by atoms with Crippen LogP contribution in [-0.4, -0.2) is 13.1 Å². The van der Waals surface area contributed by atoms with Gasteiger partial charge in [0.15, 0.2) is 0 Å². The second kappa shape index (κ2) is 3.51. The maximum Gasteiger partial charge on any atom is 0.0366 e. The molecule has 0 bridgehead atoms. The summed E-state index contributed by atoms with van der Waals surface area (Å²) in [5.74, 6) is 0. The van der Waals surface area contributed by atoms with E-state index >= 15 is 0 Å². The maximum absolute atomic E-state index is 2.53. The summed E-state index contributed by atoms with van der Waals surface area (Å²) in [5.41, 5.74) is 3.83. The van der Waals surface area contributed by atoms with Gasteiger partial charge in [0, 0.05) is 24.2 Å². The van der Waals surface area contributed by atoms with Crippen molar-refractivity contribution < 1.29 is 0 Å². The molecule has 1 saturated carbocycles. The molecule has 1 aromatic carbocycles. The van der Waals surface area contributed by atoms with Crippen molar-refractivity contribution in [2.45, 2.75) is 45.4 Å². The average molecular weight is 229 g/mol. The van der Waals surface area contributed by atoms with Crippen molar-refractivity contribution in [2.75, 3.05) is 18.0 Å². The largest absolute Gasteiger partial charge is 0.370 e. The predicted octanol–water partition coefficient (Wildman–Crippen LogP) is 3.97.